The van der Waals surface area contributed by atoms with E-state index in [1.807, 2.05) is 0 Å². The van der Waals surface area contributed by atoms with Crippen LogP contribution in [0.25, 0.3) is 9.15 Å². The van der Waals surface area contributed by atoms with Gasteiger partial charge in [-0.25, -0.2) is 0 Å². The smallest absolute Gasteiger partial charge is 0.161 e. The predicted molar refractivity (Wildman–Crippen MR) is 86.9 cm³/mol. The number of hydrogen-bond donors (Lipinski definition) is 0. The molecule has 2 aliphatic rings. The Labute approximate surface area is 127 Å². The molecule has 1 aromatic carbocycles. The number of hydrogen-bond acceptors (Lipinski definition) is 2. The van der Waals surface area contributed by atoms with Crippen LogP contribution < -0.4 is 9.47 Å². The average molecular weight is 368 g/mol. The lowest BCUT2D eigenvalue weighted by Crippen LogP contribution is -2.08. The molecular formula is C16H17IO2. The van der Waals surface area contributed by atoms with Gasteiger partial charge in [0.05, 0.1) is 14.2 Å². The van der Waals surface area contributed by atoms with Crippen LogP contribution >= 0.6 is 22.6 Å². The summed E-state index contributed by atoms with van der Waals surface area (Å²) in [5, 5.41) is 0. The normalized spacial score (nSPS) is 19.1. The topological polar surface area (TPSA) is 18.5 Å². The molecular weight excluding hydrogens is 351 g/mol. The summed E-state index contributed by atoms with van der Waals surface area (Å²) in [5.41, 5.74) is 5.63. The van der Waals surface area contributed by atoms with Gasteiger partial charge >= 0.3 is 0 Å². The van der Waals surface area contributed by atoms with E-state index in [9.17, 15) is 0 Å². The van der Waals surface area contributed by atoms with E-state index in [0.717, 1.165) is 17.9 Å². The Kier molecular flexibility index (Phi) is 2.93. The van der Waals surface area contributed by atoms with Crippen LogP contribution in [0.1, 0.15) is 31.4 Å². The Morgan fingerprint density at radius 3 is 2.21 bits per heavy atom. The van der Waals surface area contributed by atoms with Gasteiger partial charge in [0.2, 0.25) is 0 Å². The molecule has 100 valence electrons. The summed E-state index contributed by atoms with van der Waals surface area (Å²) in [5.74, 6) is 1.60. The van der Waals surface area contributed by atoms with E-state index in [-0.39, 0.29) is 5.41 Å². The van der Waals surface area contributed by atoms with E-state index in [1.165, 1.54) is 25.9 Å². The van der Waals surface area contributed by atoms with Crippen LogP contribution in [-0.2, 0) is 0 Å². The molecule has 3 heteroatoms. The number of methoxy groups -OCH3 is 2. The summed E-state index contributed by atoms with van der Waals surface area (Å²) in [6.07, 6.45) is 3.46. The van der Waals surface area contributed by atoms with Crippen LogP contribution in [0, 0.1) is 5.41 Å². The first kappa shape index (κ1) is 13.0. The molecule has 19 heavy (non-hydrogen) atoms. The molecule has 1 aromatic rings. The predicted octanol–water partition coefficient (Wildman–Crippen LogP) is 4.68. The molecule has 0 N–H and O–H groups in total. The maximum absolute atomic E-state index is 5.42. The van der Waals surface area contributed by atoms with Gasteiger partial charge in [0.1, 0.15) is 0 Å². The van der Waals surface area contributed by atoms with Gasteiger partial charge in [0, 0.05) is 3.58 Å². The highest BCUT2D eigenvalue weighted by molar-refractivity contribution is 14.1. The van der Waals surface area contributed by atoms with Crippen molar-refractivity contribution < 1.29 is 9.47 Å². The van der Waals surface area contributed by atoms with Gasteiger partial charge in [-0.15, -0.1) is 0 Å². The molecule has 0 aliphatic heterocycles. The molecule has 0 amide bonds. The molecule has 0 atom stereocenters. The van der Waals surface area contributed by atoms with Gasteiger partial charge in [-0.05, 0) is 68.8 Å². The van der Waals surface area contributed by atoms with Gasteiger partial charge in [-0.1, -0.05) is 19.9 Å². The van der Waals surface area contributed by atoms with Crippen molar-refractivity contribution in [2.24, 2.45) is 5.41 Å². The Morgan fingerprint density at radius 1 is 1.05 bits per heavy atom. The molecule has 2 aliphatic carbocycles. The molecule has 0 bridgehead atoms. The van der Waals surface area contributed by atoms with Crippen molar-refractivity contribution in [3.05, 3.63) is 34.9 Å². The van der Waals surface area contributed by atoms with E-state index in [0.29, 0.717) is 0 Å². The van der Waals surface area contributed by atoms with Crippen molar-refractivity contribution in [2.45, 2.75) is 20.3 Å². The minimum absolute atomic E-state index is 0.228. The maximum Gasteiger partial charge on any atom is 0.161 e. The first-order chi connectivity index (χ1) is 8.99. The fourth-order valence-electron chi connectivity index (χ4n) is 3.00. The number of rotatable bonds is 2. The van der Waals surface area contributed by atoms with Crippen molar-refractivity contribution in [1.82, 2.24) is 0 Å². The third kappa shape index (κ3) is 1.74. The summed E-state index contributed by atoms with van der Waals surface area (Å²) >= 11 is 2.47. The van der Waals surface area contributed by atoms with E-state index in [2.05, 4.69) is 54.6 Å². The van der Waals surface area contributed by atoms with Gasteiger partial charge < -0.3 is 9.47 Å². The van der Waals surface area contributed by atoms with Crippen molar-refractivity contribution in [2.75, 3.05) is 14.2 Å². The van der Waals surface area contributed by atoms with Crippen LogP contribution in [-0.4, -0.2) is 14.2 Å². The van der Waals surface area contributed by atoms with Crippen LogP contribution in [0.2, 0.25) is 0 Å². The second kappa shape index (κ2) is 4.27. The van der Waals surface area contributed by atoms with Gasteiger partial charge in [-0.2, -0.15) is 0 Å². The highest BCUT2D eigenvalue weighted by atomic mass is 127. The Morgan fingerprint density at radius 2 is 1.63 bits per heavy atom. The third-order valence-corrected chi connectivity index (χ3v) is 5.15. The standard InChI is InChI=1S/C16H17IO2/c1-16(2)6-5-9-10-7-12(18-3)13(19-4)8-11(10)15(17)14(9)16/h5,7-8H,6H2,1-4H3. The number of ether oxygens (including phenoxy) is 2. The first-order valence-corrected chi connectivity index (χ1v) is 7.45. The monoisotopic (exact) mass is 368 g/mol. The Bertz CT molecular complexity index is 624. The summed E-state index contributed by atoms with van der Waals surface area (Å²) < 4.78 is 12.2. The second-order valence-corrected chi connectivity index (χ2v) is 6.73. The average Bonchev–Trinajstić information content (AvgIpc) is 2.85. The fraction of sp³-hybridized carbons (Fsp3) is 0.375. The van der Waals surface area contributed by atoms with E-state index < -0.39 is 0 Å². The van der Waals surface area contributed by atoms with Crippen LogP contribution in [0.4, 0.5) is 0 Å². The van der Waals surface area contributed by atoms with Gasteiger partial charge in [0.15, 0.2) is 11.5 Å². The molecule has 0 fully saturated rings. The minimum Gasteiger partial charge on any atom is -0.493 e. The van der Waals surface area contributed by atoms with Crippen molar-refractivity contribution in [3.8, 4) is 11.5 Å². The molecule has 0 radical (unpaired) electrons. The maximum atomic E-state index is 5.42. The van der Waals surface area contributed by atoms with Crippen molar-refractivity contribution in [3.63, 3.8) is 0 Å². The summed E-state index contributed by atoms with van der Waals surface area (Å²) in [6.45, 7) is 4.62. The van der Waals surface area contributed by atoms with E-state index in [1.54, 1.807) is 14.2 Å². The van der Waals surface area contributed by atoms with Gasteiger partial charge in [0.25, 0.3) is 0 Å². The van der Waals surface area contributed by atoms with Crippen LogP contribution in [0.5, 0.6) is 11.5 Å². The summed E-state index contributed by atoms with van der Waals surface area (Å²) in [7, 11) is 3.37. The minimum atomic E-state index is 0.228. The van der Waals surface area contributed by atoms with Crippen molar-refractivity contribution in [1.29, 1.82) is 0 Å². The molecule has 3 rings (SSSR count). The molecule has 0 unspecified atom stereocenters. The molecule has 0 heterocycles. The second-order valence-electron chi connectivity index (χ2n) is 5.65. The quantitative estimate of drug-likeness (QED) is 0.706. The molecule has 0 saturated heterocycles. The molecule has 0 spiro atoms. The fourth-order valence-corrected chi connectivity index (χ4v) is 4.47. The van der Waals surface area contributed by atoms with E-state index >= 15 is 0 Å². The zero-order chi connectivity index (χ0) is 13.8. The van der Waals surface area contributed by atoms with Gasteiger partial charge in [-0.3, -0.25) is 0 Å². The third-order valence-electron chi connectivity index (χ3n) is 4.03. The van der Waals surface area contributed by atoms with E-state index in [4.69, 9.17) is 9.47 Å². The zero-order valence-corrected chi connectivity index (χ0v) is 13.8. The van der Waals surface area contributed by atoms with Crippen LogP contribution in [0.15, 0.2) is 23.8 Å². The number of halogens is 1. The lowest BCUT2D eigenvalue weighted by Gasteiger charge is -2.20. The highest BCUT2D eigenvalue weighted by Crippen LogP contribution is 2.58. The highest BCUT2D eigenvalue weighted by Gasteiger charge is 2.39. The lowest BCUT2D eigenvalue weighted by atomic mass is 9.85. The number of benzene rings is 1. The largest absolute Gasteiger partial charge is 0.493 e. The summed E-state index contributed by atoms with van der Waals surface area (Å²) in [6, 6.07) is 4.20. The SMILES string of the molecule is COc1cc2c(cc1OC)C(I)=C1C2=CCC1(C)C. The van der Waals surface area contributed by atoms with Crippen molar-refractivity contribution >= 4 is 31.7 Å². The first-order valence-electron chi connectivity index (χ1n) is 6.37. The molecule has 2 nitrogen and oxygen atoms in total. The lowest BCUT2D eigenvalue weighted by molar-refractivity contribution is 0.355. The number of fused-ring (bicyclic) bond motifs is 3. The molecule has 0 saturated carbocycles. The van der Waals surface area contributed by atoms with Crippen LogP contribution in [0.3, 0.4) is 0 Å². The Balaban J connectivity index is 2.24. The Hall–Kier alpha value is -0.970. The number of allylic oxidation sites excluding steroid dienone is 3. The zero-order valence-electron chi connectivity index (χ0n) is 11.6. The molecule has 0 aromatic heterocycles. The summed E-state index contributed by atoms with van der Waals surface area (Å²) in [4.78, 5) is 0.